The molecule has 0 saturated heterocycles. The fourth-order valence-electron chi connectivity index (χ4n) is 1.40. The first-order chi connectivity index (χ1) is 7.15. The molecule has 0 saturated carbocycles. The molecule has 0 radical (unpaired) electrons. The van der Waals surface area contributed by atoms with Gasteiger partial charge in [0.05, 0.1) is 5.69 Å². The third-order valence-corrected chi connectivity index (χ3v) is 3.57. The molecule has 0 fully saturated rings. The van der Waals surface area contributed by atoms with E-state index in [0.29, 0.717) is 12.0 Å². The van der Waals surface area contributed by atoms with Crippen LogP contribution in [0, 0.1) is 12.8 Å². The summed E-state index contributed by atoms with van der Waals surface area (Å²) in [5.74, 6) is 0.672. The molecule has 1 aromatic rings. The van der Waals surface area contributed by atoms with Crippen LogP contribution in [0.2, 0.25) is 0 Å². The molecule has 1 heterocycles. The van der Waals surface area contributed by atoms with Crippen LogP contribution in [0.15, 0.2) is 18.3 Å². The van der Waals surface area contributed by atoms with E-state index in [0.717, 1.165) is 16.7 Å². The van der Waals surface area contributed by atoms with Crippen LogP contribution >= 0.6 is 22.6 Å². The lowest BCUT2D eigenvalue weighted by Gasteiger charge is -2.20. The van der Waals surface area contributed by atoms with E-state index in [1.54, 1.807) is 0 Å². The number of hydrogen-bond acceptors (Lipinski definition) is 2. The Morgan fingerprint density at radius 3 is 2.73 bits per heavy atom. The van der Waals surface area contributed by atoms with Crippen molar-refractivity contribution in [3.8, 4) is 0 Å². The molecule has 2 nitrogen and oxygen atoms in total. The average Bonchev–Trinajstić information content (AvgIpc) is 2.21. The van der Waals surface area contributed by atoms with E-state index in [1.165, 1.54) is 5.56 Å². The highest BCUT2D eigenvalue weighted by molar-refractivity contribution is 14.1. The number of nitrogens with zero attached hydrogens (tertiary/aromatic N) is 1. The summed E-state index contributed by atoms with van der Waals surface area (Å²) in [7, 11) is 0. The van der Waals surface area contributed by atoms with Gasteiger partial charge < -0.3 is 5.32 Å². The SMILES string of the molecule is Cc1cccnc1CNC(CI)C(C)C. The molecular weight excluding hydrogens is 299 g/mol. The largest absolute Gasteiger partial charge is 0.307 e. The molecule has 0 spiro atoms. The molecule has 15 heavy (non-hydrogen) atoms. The number of alkyl halides is 1. The molecule has 84 valence electrons. The van der Waals surface area contributed by atoms with E-state index >= 15 is 0 Å². The molecule has 1 atom stereocenters. The predicted octanol–water partition coefficient (Wildman–Crippen LogP) is 2.94. The van der Waals surface area contributed by atoms with E-state index < -0.39 is 0 Å². The number of aromatic nitrogens is 1. The monoisotopic (exact) mass is 318 g/mol. The van der Waals surface area contributed by atoms with Gasteiger partial charge in [0.1, 0.15) is 0 Å². The van der Waals surface area contributed by atoms with E-state index in [2.05, 4.69) is 59.7 Å². The Kier molecular flexibility index (Phi) is 5.53. The summed E-state index contributed by atoms with van der Waals surface area (Å²) >= 11 is 2.43. The van der Waals surface area contributed by atoms with Crippen LogP contribution in [0.4, 0.5) is 0 Å². The molecule has 0 aliphatic carbocycles. The Morgan fingerprint density at radius 1 is 1.47 bits per heavy atom. The van der Waals surface area contributed by atoms with Crippen molar-refractivity contribution >= 4 is 22.6 Å². The number of hydrogen-bond donors (Lipinski definition) is 1. The van der Waals surface area contributed by atoms with Gasteiger partial charge in [-0.3, -0.25) is 4.98 Å². The van der Waals surface area contributed by atoms with Gasteiger partial charge in [0.25, 0.3) is 0 Å². The number of pyridine rings is 1. The highest BCUT2D eigenvalue weighted by Gasteiger charge is 2.11. The number of rotatable bonds is 5. The molecule has 1 N–H and O–H groups in total. The smallest absolute Gasteiger partial charge is 0.0570 e. The fourth-order valence-corrected chi connectivity index (χ4v) is 2.73. The van der Waals surface area contributed by atoms with Crippen molar-refractivity contribution in [2.75, 3.05) is 4.43 Å². The zero-order chi connectivity index (χ0) is 11.3. The second kappa shape index (κ2) is 6.43. The van der Waals surface area contributed by atoms with Crippen molar-refractivity contribution in [3.63, 3.8) is 0 Å². The molecule has 1 rings (SSSR count). The van der Waals surface area contributed by atoms with Gasteiger partial charge >= 0.3 is 0 Å². The molecule has 0 bridgehead atoms. The van der Waals surface area contributed by atoms with Crippen LogP contribution in [0.1, 0.15) is 25.1 Å². The van der Waals surface area contributed by atoms with Crippen LogP contribution in [-0.2, 0) is 6.54 Å². The summed E-state index contributed by atoms with van der Waals surface area (Å²) in [5.41, 5.74) is 2.42. The summed E-state index contributed by atoms with van der Waals surface area (Å²) in [6, 6.07) is 4.67. The predicted molar refractivity (Wildman–Crippen MR) is 73.3 cm³/mol. The van der Waals surface area contributed by atoms with Crippen LogP contribution in [0.25, 0.3) is 0 Å². The van der Waals surface area contributed by atoms with Crippen molar-refractivity contribution in [2.24, 2.45) is 5.92 Å². The zero-order valence-electron chi connectivity index (χ0n) is 9.63. The van der Waals surface area contributed by atoms with Gasteiger partial charge in [0, 0.05) is 23.2 Å². The topological polar surface area (TPSA) is 24.9 Å². The van der Waals surface area contributed by atoms with Crippen molar-refractivity contribution in [3.05, 3.63) is 29.6 Å². The lowest BCUT2D eigenvalue weighted by Crippen LogP contribution is -2.35. The molecule has 1 unspecified atom stereocenters. The van der Waals surface area contributed by atoms with Crippen molar-refractivity contribution in [1.82, 2.24) is 10.3 Å². The van der Waals surface area contributed by atoms with Crippen molar-refractivity contribution < 1.29 is 0 Å². The Morgan fingerprint density at radius 2 is 2.20 bits per heavy atom. The summed E-state index contributed by atoms with van der Waals surface area (Å²) < 4.78 is 1.14. The molecule has 1 aromatic heterocycles. The van der Waals surface area contributed by atoms with E-state index in [4.69, 9.17) is 0 Å². The first-order valence-corrected chi connectivity index (χ1v) is 6.87. The third kappa shape index (κ3) is 4.07. The number of nitrogens with one attached hydrogen (secondary N) is 1. The third-order valence-electron chi connectivity index (χ3n) is 2.62. The van der Waals surface area contributed by atoms with Gasteiger partial charge in [-0.1, -0.05) is 42.5 Å². The second-order valence-corrected chi connectivity index (χ2v) is 5.03. The standard InChI is InChI=1S/C12H19IN2/c1-9(2)11(7-13)15-8-12-10(3)5-4-6-14-12/h4-6,9,11,15H,7-8H2,1-3H3. The maximum atomic E-state index is 4.38. The minimum absolute atomic E-state index is 0.576. The second-order valence-electron chi connectivity index (χ2n) is 4.15. The summed E-state index contributed by atoms with van der Waals surface area (Å²) in [6.07, 6.45) is 1.86. The summed E-state index contributed by atoms with van der Waals surface area (Å²) in [5, 5.41) is 3.56. The summed E-state index contributed by atoms with van der Waals surface area (Å²) in [4.78, 5) is 4.38. The van der Waals surface area contributed by atoms with Crippen LogP contribution in [0.3, 0.4) is 0 Å². The molecule has 0 aliphatic rings. The maximum absolute atomic E-state index is 4.38. The highest BCUT2D eigenvalue weighted by Crippen LogP contribution is 2.08. The molecule has 3 heteroatoms. The Labute approximate surface area is 106 Å². The minimum atomic E-state index is 0.576. The van der Waals surface area contributed by atoms with Gasteiger partial charge in [-0.05, 0) is 24.5 Å². The zero-order valence-corrected chi connectivity index (χ0v) is 11.8. The van der Waals surface area contributed by atoms with Crippen molar-refractivity contribution in [1.29, 1.82) is 0 Å². The van der Waals surface area contributed by atoms with Crippen molar-refractivity contribution in [2.45, 2.75) is 33.4 Å². The first kappa shape index (κ1) is 12.9. The summed E-state index contributed by atoms with van der Waals surface area (Å²) in [6.45, 7) is 7.49. The molecule has 0 amide bonds. The normalized spacial score (nSPS) is 13.1. The van der Waals surface area contributed by atoms with Gasteiger partial charge in [-0.25, -0.2) is 0 Å². The number of aryl methyl sites for hydroxylation is 1. The van der Waals surface area contributed by atoms with E-state index in [-0.39, 0.29) is 0 Å². The van der Waals surface area contributed by atoms with Gasteiger partial charge in [-0.15, -0.1) is 0 Å². The number of halogens is 1. The Hall–Kier alpha value is -0.160. The lowest BCUT2D eigenvalue weighted by molar-refractivity contribution is 0.433. The van der Waals surface area contributed by atoms with Crippen LogP contribution in [0.5, 0.6) is 0 Å². The van der Waals surface area contributed by atoms with Gasteiger partial charge in [0.2, 0.25) is 0 Å². The highest BCUT2D eigenvalue weighted by atomic mass is 127. The molecule has 0 aromatic carbocycles. The average molecular weight is 318 g/mol. The Balaban J connectivity index is 2.53. The quantitative estimate of drug-likeness (QED) is 0.667. The maximum Gasteiger partial charge on any atom is 0.0570 e. The van der Waals surface area contributed by atoms with Gasteiger partial charge in [0.15, 0.2) is 0 Å². The Bertz CT molecular complexity index is 299. The van der Waals surface area contributed by atoms with E-state index in [9.17, 15) is 0 Å². The molecule has 0 aliphatic heterocycles. The minimum Gasteiger partial charge on any atom is -0.307 e. The van der Waals surface area contributed by atoms with E-state index in [1.807, 2.05) is 12.3 Å². The molecular formula is C12H19IN2. The van der Waals surface area contributed by atoms with Crippen LogP contribution in [-0.4, -0.2) is 15.5 Å². The lowest BCUT2D eigenvalue weighted by atomic mass is 10.1. The fraction of sp³-hybridized carbons (Fsp3) is 0.583. The van der Waals surface area contributed by atoms with Gasteiger partial charge in [-0.2, -0.15) is 0 Å². The first-order valence-electron chi connectivity index (χ1n) is 5.35. The van der Waals surface area contributed by atoms with Crippen LogP contribution < -0.4 is 5.32 Å².